The zero-order chi connectivity index (χ0) is 34.4. The van der Waals surface area contributed by atoms with Crippen molar-refractivity contribution in [3.8, 4) is 6.01 Å². The Bertz CT molecular complexity index is 1300. The summed E-state index contributed by atoms with van der Waals surface area (Å²) >= 11 is 0. The molecule has 45 heavy (non-hydrogen) atoms. The maximum Gasteiger partial charge on any atom is 0.320 e. The molecule has 0 bridgehead atoms. The number of anilines is 1. The van der Waals surface area contributed by atoms with Crippen LogP contribution in [0.3, 0.4) is 0 Å². The second-order valence-corrected chi connectivity index (χ2v) is 31.6. The molecule has 0 amide bonds. The highest BCUT2D eigenvalue weighted by atomic mass is 28.4. The van der Waals surface area contributed by atoms with Crippen LogP contribution in [0, 0.1) is 0 Å². The lowest BCUT2D eigenvalue weighted by Crippen LogP contribution is -2.54. The van der Waals surface area contributed by atoms with Crippen LogP contribution in [0.4, 0.5) is 5.82 Å². The summed E-state index contributed by atoms with van der Waals surface area (Å²) in [5.41, 5.74) is 7.45. The number of hydrogen-bond donors (Lipinski definition) is 1. The minimum Gasteiger partial charge on any atom is -0.463 e. The third-order valence-electron chi connectivity index (χ3n) is 10.6. The van der Waals surface area contributed by atoms with Crippen molar-refractivity contribution in [2.75, 3.05) is 18.9 Å². The molecule has 1 fully saturated rings. The van der Waals surface area contributed by atoms with E-state index in [-0.39, 0.29) is 39.2 Å². The molecule has 2 N–H and O–H groups in total. The van der Waals surface area contributed by atoms with Gasteiger partial charge in [0.1, 0.15) is 18.3 Å². The van der Waals surface area contributed by atoms with Crippen molar-refractivity contribution in [3.05, 3.63) is 6.33 Å². The molecule has 0 spiro atoms. The first kappa shape index (κ1) is 38.1. The Morgan fingerprint density at radius 3 is 1.87 bits per heavy atom. The van der Waals surface area contributed by atoms with Gasteiger partial charge < -0.3 is 28.5 Å². The lowest BCUT2D eigenvalue weighted by molar-refractivity contribution is -0.0470. The molecular formula is C32H63N5O5Si3. The fourth-order valence-corrected chi connectivity index (χ4v) is 7.97. The molecule has 3 rings (SSSR count). The van der Waals surface area contributed by atoms with Crippen LogP contribution >= 0.6 is 0 Å². The SMILES string of the molecule is CCCCOc1nc(N)c2ncn([C@@H]3O[C@H](CO[Si](C)(C)C(C)(C)C)[C@@H](O[Si](C)(C)C(C)(C)C)[C@H]3O[Si](C)(C)C(C)(C)C)c2n1. The first-order valence-corrected chi connectivity index (χ1v) is 25.3. The molecule has 1 saturated heterocycles. The number of unbranched alkanes of at least 4 members (excludes halogenated alkanes) is 1. The Labute approximate surface area is 275 Å². The maximum absolute atomic E-state index is 7.30. The molecule has 4 atom stereocenters. The number of fused-ring (bicyclic) bond motifs is 1. The monoisotopic (exact) mass is 681 g/mol. The van der Waals surface area contributed by atoms with Crippen molar-refractivity contribution in [2.45, 2.75) is 161 Å². The van der Waals surface area contributed by atoms with Gasteiger partial charge in [0.05, 0.1) is 19.5 Å². The Hall–Kier alpha value is -1.36. The molecule has 2 aromatic rings. The van der Waals surface area contributed by atoms with Crippen molar-refractivity contribution in [1.29, 1.82) is 0 Å². The van der Waals surface area contributed by atoms with Crippen molar-refractivity contribution in [1.82, 2.24) is 19.5 Å². The van der Waals surface area contributed by atoms with Crippen LogP contribution in [0.25, 0.3) is 11.2 Å². The van der Waals surface area contributed by atoms with E-state index in [9.17, 15) is 0 Å². The van der Waals surface area contributed by atoms with Crippen LogP contribution < -0.4 is 10.5 Å². The average Bonchev–Trinajstić information content (AvgIpc) is 3.42. The minimum atomic E-state index is -2.31. The van der Waals surface area contributed by atoms with Crippen LogP contribution in [-0.2, 0) is 18.0 Å². The fraction of sp³-hybridized carbons (Fsp3) is 0.844. The first-order valence-electron chi connectivity index (χ1n) is 16.6. The number of aromatic nitrogens is 4. The molecular weight excluding hydrogens is 619 g/mol. The first-order chi connectivity index (χ1) is 20.3. The van der Waals surface area contributed by atoms with Gasteiger partial charge in [-0.2, -0.15) is 9.97 Å². The quantitative estimate of drug-likeness (QED) is 0.174. The zero-order valence-electron chi connectivity index (χ0n) is 31.1. The van der Waals surface area contributed by atoms with Crippen molar-refractivity contribution in [3.63, 3.8) is 0 Å². The highest BCUT2D eigenvalue weighted by molar-refractivity contribution is 6.75. The van der Waals surface area contributed by atoms with E-state index in [1.807, 2.05) is 4.57 Å². The average molecular weight is 682 g/mol. The van der Waals surface area contributed by atoms with E-state index in [2.05, 4.69) is 118 Å². The fourth-order valence-electron chi connectivity index (χ4n) is 4.35. The number of hydrogen-bond acceptors (Lipinski definition) is 9. The second-order valence-electron chi connectivity index (χ2n) is 17.2. The maximum atomic E-state index is 7.30. The topological polar surface area (TPSA) is 116 Å². The van der Waals surface area contributed by atoms with Crippen molar-refractivity contribution >= 4 is 41.9 Å². The molecule has 0 radical (unpaired) electrons. The summed E-state index contributed by atoms with van der Waals surface area (Å²) in [5, 5.41) is 0.0191. The van der Waals surface area contributed by atoms with Crippen LogP contribution in [0.2, 0.25) is 54.4 Å². The Morgan fingerprint density at radius 1 is 0.822 bits per heavy atom. The highest BCUT2D eigenvalue weighted by Crippen LogP contribution is 2.47. The number of nitrogens with two attached hydrogens (primary N) is 1. The summed E-state index contributed by atoms with van der Waals surface area (Å²) in [5.74, 6) is 0.275. The van der Waals surface area contributed by atoms with Crippen molar-refractivity contribution in [2.24, 2.45) is 0 Å². The molecule has 0 aliphatic carbocycles. The van der Waals surface area contributed by atoms with E-state index in [0.29, 0.717) is 24.4 Å². The van der Waals surface area contributed by atoms with Crippen LogP contribution in [-0.4, -0.2) is 76.0 Å². The molecule has 3 heterocycles. The van der Waals surface area contributed by atoms with E-state index in [1.54, 1.807) is 6.33 Å². The van der Waals surface area contributed by atoms with Gasteiger partial charge in [-0.3, -0.25) is 4.57 Å². The van der Waals surface area contributed by atoms with E-state index in [1.165, 1.54) is 0 Å². The molecule has 10 nitrogen and oxygen atoms in total. The molecule has 1 aliphatic rings. The molecule has 258 valence electrons. The van der Waals surface area contributed by atoms with Crippen molar-refractivity contribution < 1.29 is 22.8 Å². The van der Waals surface area contributed by atoms with Gasteiger partial charge in [0.15, 0.2) is 48.2 Å². The van der Waals surface area contributed by atoms with Gasteiger partial charge >= 0.3 is 6.01 Å². The van der Waals surface area contributed by atoms with Gasteiger partial charge in [0.25, 0.3) is 0 Å². The Morgan fingerprint density at radius 2 is 1.36 bits per heavy atom. The minimum absolute atomic E-state index is 0.00838. The number of nitrogen functional groups attached to an aromatic ring is 1. The third kappa shape index (κ3) is 8.39. The summed E-state index contributed by atoms with van der Waals surface area (Å²) < 4.78 is 36.2. The largest absolute Gasteiger partial charge is 0.463 e. The normalized spacial score (nSPS) is 22.4. The number of imidazole rings is 1. The summed E-state index contributed by atoms with van der Waals surface area (Å²) in [6, 6.07) is 0.238. The van der Waals surface area contributed by atoms with Crippen LogP contribution in [0.1, 0.15) is 88.3 Å². The summed E-state index contributed by atoms with van der Waals surface area (Å²) in [4.78, 5) is 13.8. The number of nitrogens with zero attached hydrogens (tertiary/aromatic N) is 4. The smallest absolute Gasteiger partial charge is 0.320 e. The molecule has 13 heteroatoms. The Kier molecular flexibility index (Phi) is 11.2. The van der Waals surface area contributed by atoms with Crippen LogP contribution in [0.15, 0.2) is 6.33 Å². The van der Waals surface area contributed by atoms with Gasteiger partial charge in [-0.1, -0.05) is 75.7 Å². The number of ether oxygens (including phenoxy) is 2. The van der Waals surface area contributed by atoms with Gasteiger partial charge in [-0.25, -0.2) is 4.98 Å². The molecule has 0 aromatic carbocycles. The zero-order valence-corrected chi connectivity index (χ0v) is 34.1. The summed E-state index contributed by atoms with van der Waals surface area (Å²) in [6.45, 7) is 37.1. The van der Waals surface area contributed by atoms with E-state index in [4.69, 9.17) is 33.5 Å². The summed E-state index contributed by atoms with van der Waals surface area (Å²) in [7, 11) is -6.67. The predicted octanol–water partition coefficient (Wildman–Crippen LogP) is 8.29. The van der Waals surface area contributed by atoms with Gasteiger partial charge in [-0.15, -0.1) is 0 Å². The highest BCUT2D eigenvalue weighted by Gasteiger charge is 2.55. The van der Waals surface area contributed by atoms with Gasteiger partial charge in [0.2, 0.25) is 0 Å². The molecule has 0 saturated carbocycles. The van der Waals surface area contributed by atoms with E-state index in [0.717, 1.165) is 12.8 Å². The van der Waals surface area contributed by atoms with E-state index < -0.39 is 37.3 Å². The molecule has 2 aromatic heterocycles. The van der Waals surface area contributed by atoms with Gasteiger partial charge in [-0.05, 0) is 60.8 Å². The van der Waals surface area contributed by atoms with Crippen LogP contribution in [0.5, 0.6) is 6.01 Å². The van der Waals surface area contributed by atoms with E-state index >= 15 is 0 Å². The Balaban J connectivity index is 2.18. The molecule has 0 unspecified atom stereocenters. The standard InChI is InChI=1S/C32H63N5O5Si3/c1-17-18-19-38-29-35-26(33)23-27(36-29)37(21-34-23)28-25(42-45(15,16)32(8,9)10)24(41-44(13,14)31(5,6)7)22(40-28)20-39-43(11,12)30(2,3)4/h21-22,24-25,28H,17-20H2,1-16H3,(H2,33,35,36)/t22-,24-,25-,28-/m1/s1. The lowest BCUT2D eigenvalue weighted by Gasteiger charge is -2.44. The summed E-state index contributed by atoms with van der Waals surface area (Å²) in [6.07, 6.45) is 1.94. The number of rotatable bonds is 12. The second kappa shape index (κ2) is 13.3. The third-order valence-corrected chi connectivity index (χ3v) is 24.1. The predicted molar refractivity (Wildman–Crippen MR) is 191 cm³/mol. The van der Waals surface area contributed by atoms with Gasteiger partial charge in [0, 0.05) is 0 Å². The molecule has 1 aliphatic heterocycles. The lowest BCUT2D eigenvalue weighted by atomic mass is 10.1.